The van der Waals surface area contributed by atoms with Gasteiger partial charge in [-0.05, 0) is 47.4 Å². The molecule has 5 nitrogen and oxygen atoms in total. The molecular formula is C18H13N3O2S2. The zero-order valence-corrected chi connectivity index (χ0v) is 14.9. The molecule has 0 N–H and O–H groups in total. The van der Waals surface area contributed by atoms with Crippen LogP contribution in [0, 0.1) is 0 Å². The summed E-state index contributed by atoms with van der Waals surface area (Å²) in [6.45, 7) is 0. The highest BCUT2D eigenvalue weighted by molar-refractivity contribution is 7.15. The van der Waals surface area contributed by atoms with E-state index >= 15 is 0 Å². The highest BCUT2D eigenvalue weighted by Gasteiger charge is 2.09. The third kappa shape index (κ3) is 3.24. The lowest BCUT2D eigenvalue weighted by molar-refractivity contribution is 0.414. The third-order valence-corrected chi connectivity index (χ3v) is 5.33. The first kappa shape index (κ1) is 15.7. The second kappa shape index (κ2) is 6.62. The van der Waals surface area contributed by atoms with Gasteiger partial charge in [-0.2, -0.15) is 9.50 Å². The normalized spacial score (nSPS) is 12.4. The molecule has 0 atom stereocenters. The van der Waals surface area contributed by atoms with Crippen LogP contribution in [0.4, 0.5) is 0 Å². The fourth-order valence-electron chi connectivity index (χ4n) is 2.34. The molecule has 4 aromatic rings. The molecule has 0 spiro atoms. The summed E-state index contributed by atoms with van der Waals surface area (Å²) in [4.78, 5) is 18.6. The fraction of sp³-hybridized carbons (Fsp3) is 0.0556. The van der Waals surface area contributed by atoms with Crippen molar-refractivity contribution in [2.75, 3.05) is 7.11 Å². The maximum absolute atomic E-state index is 12.5. The largest absolute Gasteiger partial charge is 0.497 e. The lowest BCUT2D eigenvalue weighted by Crippen LogP contribution is -2.23. The van der Waals surface area contributed by atoms with Crippen LogP contribution < -0.4 is 14.8 Å². The van der Waals surface area contributed by atoms with Crippen LogP contribution in [-0.2, 0) is 0 Å². The van der Waals surface area contributed by atoms with Crippen molar-refractivity contribution >= 4 is 45.9 Å². The Kier molecular flexibility index (Phi) is 4.17. The fourth-order valence-corrected chi connectivity index (χ4v) is 3.88. The second-order valence-electron chi connectivity index (χ2n) is 5.21. The van der Waals surface area contributed by atoms with Gasteiger partial charge in [0.05, 0.1) is 11.6 Å². The second-order valence-corrected chi connectivity index (χ2v) is 7.19. The third-order valence-electron chi connectivity index (χ3n) is 3.53. The van der Waals surface area contributed by atoms with E-state index in [9.17, 15) is 4.79 Å². The monoisotopic (exact) mass is 367 g/mol. The molecule has 7 heteroatoms. The van der Waals surface area contributed by atoms with Gasteiger partial charge in [-0.3, -0.25) is 4.79 Å². The number of methoxy groups -OCH3 is 1. The van der Waals surface area contributed by atoms with Crippen LogP contribution in [0.25, 0.3) is 23.2 Å². The molecule has 0 amide bonds. The van der Waals surface area contributed by atoms with Gasteiger partial charge in [-0.1, -0.05) is 29.5 Å². The summed E-state index contributed by atoms with van der Waals surface area (Å²) < 4.78 is 7.16. The summed E-state index contributed by atoms with van der Waals surface area (Å²) in [5.74, 6) is 1.28. The number of nitrogens with zero attached hydrogens (tertiary/aromatic N) is 3. The van der Waals surface area contributed by atoms with E-state index in [0.29, 0.717) is 15.3 Å². The molecule has 3 heterocycles. The van der Waals surface area contributed by atoms with Crippen molar-refractivity contribution in [3.63, 3.8) is 0 Å². The Bertz CT molecular complexity index is 1160. The molecule has 1 aromatic carbocycles. The molecule has 4 rings (SSSR count). The van der Waals surface area contributed by atoms with Gasteiger partial charge in [-0.15, -0.1) is 16.4 Å². The predicted molar refractivity (Wildman–Crippen MR) is 102 cm³/mol. The Labute approximate surface area is 151 Å². The Morgan fingerprint density at radius 1 is 1.20 bits per heavy atom. The van der Waals surface area contributed by atoms with Gasteiger partial charge in [0.25, 0.3) is 5.56 Å². The van der Waals surface area contributed by atoms with Crippen LogP contribution in [0.15, 0.2) is 46.6 Å². The van der Waals surface area contributed by atoms with Crippen LogP contribution in [-0.4, -0.2) is 21.7 Å². The minimum absolute atomic E-state index is 0.161. The van der Waals surface area contributed by atoms with Crippen LogP contribution in [0.5, 0.6) is 5.75 Å². The van der Waals surface area contributed by atoms with Gasteiger partial charge in [0.2, 0.25) is 4.96 Å². The van der Waals surface area contributed by atoms with Crippen LogP contribution >= 0.6 is 22.7 Å². The molecule has 0 saturated heterocycles. The summed E-state index contributed by atoms with van der Waals surface area (Å²) in [6.07, 6.45) is 5.58. The Morgan fingerprint density at radius 3 is 2.88 bits per heavy atom. The van der Waals surface area contributed by atoms with Crippen LogP contribution in [0.2, 0.25) is 0 Å². The maximum atomic E-state index is 12.5. The van der Waals surface area contributed by atoms with Crippen molar-refractivity contribution < 1.29 is 4.74 Å². The average molecular weight is 367 g/mol. The summed E-state index contributed by atoms with van der Waals surface area (Å²) in [5, 5.41) is 6.29. The van der Waals surface area contributed by atoms with Gasteiger partial charge >= 0.3 is 0 Å². The SMILES string of the molecule is COc1cccc(/C=c2/sc3nc(/C=C/c4cccs4)nn3c2=O)c1. The van der Waals surface area contributed by atoms with Crippen molar-refractivity contribution in [2.24, 2.45) is 0 Å². The van der Waals surface area contributed by atoms with E-state index in [1.165, 1.54) is 15.9 Å². The molecule has 0 bridgehead atoms. The van der Waals surface area contributed by atoms with E-state index in [-0.39, 0.29) is 5.56 Å². The van der Waals surface area contributed by atoms with E-state index in [1.54, 1.807) is 18.4 Å². The highest BCUT2D eigenvalue weighted by atomic mass is 32.1. The van der Waals surface area contributed by atoms with E-state index in [0.717, 1.165) is 16.2 Å². The summed E-state index contributed by atoms with van der Waals surface area (Å²) in [5.41, 5.74) is 0.741. The molecule has 0 aliphatic carbocycles. The topological polar surface area (TPSA) is 56.5 Å². The molecule has 0 aliphatic heterocycles. The number of benzene rings is 1. The highest BCUT2D eigenvalue weighted by Crippen LogP contribution is 2.14. The number of hydrogen-bond acceptors (Lipinski definition) is 6. The van der Waals surface area contributed by atoms with Gasteiger partial charge < -0.3 is 4.74 Å². The van der Waals surface area contributed by atoms with Gasteiger partial charge in [-0.25, -0.2) is 0 Å². The quantitative estimate of drug-likeness (QED) is 0.556. The van der Waals surface area contributed by atoms with Crippen molar-refractivity contribution in [1.29, 1.82) is 0 Å². The first-order valence-corrected chi connectivity index (χ1v) is 9.19. The van der Waals surface area contributed by atoms with Crippen molar-refractivity contribution in [1.82, 2.24) is 14.6 Å². The molecule has 3 aromatic heterocycles. The van der Waals surface area contributed by atoms with Crippen LogP contribution in [0.1, 0.15) is 16.3 Å². The number of ether oxygens (including phenoxy) is 1. The van der Waals surface area contributed by atoms with Gasteiger partial charge in [0.1, 0.15) is 5.75 Å². The molecule has 0 aliphatic rings. The number of aromatic nitrogens is 3. The summed E-state index contributed by atoms with van der Waals surface area (Å²) in [6, 6.07) is 11.6. The van der Waals surface area contributed by atoms with Gasteiger partial charge in [0, 0.05) is 4.88 Å². The van der Waals surface area contributed by atoms with Crippen LogP contribution in [0.3, 0.4) is 0 Å². The van der Waals surface area contributed by atoms with Gasteiger partial charge in [0.15, 0.2) is 5.82 Å². The molecule has 124 valence electrons. The lowest BCUT2D eigenvalue weighted by Gasteiger charge is -1.99. The van der Waals surface area contributed by atoms with E-state index in [1.807, 2.05) is 60.0 Å². The molecule has 25 heavy (non-hydrogen) atoms. The average Bonchev–Trinajstić information content (AvgIpc) is 3.33. The zero-order valence-electron chi connectivity index (χ0n) is 13.2. The molecule has 0 radical (unpaired) electrons. The van der Waals surface area contributed by atoms with Crippen molar-refractivity contribution in [2.45, 2.75) is 0 Å². The minimum Gasteiger partial charge on any atom is -0.497 e. The zero-order chi connectivity index (χ0) is 17.2. The molecule has 0 unspecified atom stereocenters. The number of rotatable bonds is 4. The Morgan fingerprint density at radius 2 is 2.12 bits per heavy atom. The van der Waals surface area contributed by atoms with E-state index < -0.39 is 0 Å². The Balaban J connectivity index is 1.70. The minimum atomic E-state index is -0.161. The first-order valence-electron chi connectivity index (χ1n) is 7.50. The number of thiazole rings is 1. The standard InChI is InChI=1S/C18H13N3O2S2/c1-23-13-5-2-4-12(10-13)11-15-17(22)21-18(25-15)19-16(20-21)8-7-14-6-3-9-24-14/h2-11H,1H3/b8-7+,15-11+. The predicted octanol–water partition coefficient (Wildman–Crippen LogP) is 2.94. The molecule has 0 fully saturated rings. The molecular weight excluding hydrogens is 354 g/mol. The maximum Gasteiger partial charge on any atom is 0.291 e. The molecule has 0 saturated carbocycles. The van der Waals surface area contributed by atoms with E-state index in [2.05, 4.69) is 10.1 Å². The van der Waals surface area contributed by atoms with Crippen molar-refractivity contribution in [3.8, 4) is 5.75 Å². The summed E-state index contributed by atoms with van der Waals surface area (Å²) in [7, 11) is 1.62. The lowest BCUT2D eigenvalue weighted by atomic mass is 10.2. The smallest absolute Gasteiger partial charge is 0.291 e. The van der Waals surface area contributed by atoms with Crippen molar-refractivity contribution in [3.05, 3.63) is 72.9 Å². The summed E-state index contributed by atoms with van der Waals surface area (Å²) >= 11 is 2.96. The first-order chi connectivity index (χ1) is 12.2. The Hall–Kier alpha value is -2.77. The number of hydrogen-bond donors (Lipinski definition) is 0. The van der Waals surface area contributed by atoms with E-state index in [4.69, 9.17) is 4.74 Å². The number of fused-ring (bicyclic) bond motifs is 1. The number of thiophene rings is 1.